The van der Waals surface area contributed by atoms with Gasteiger partial charge in [-0.25, -0.2) is 4.79 Å². The first-order valence-corrected chi connectivity index (χ1v) is 4.57. The molecule has 5 nitrogen and oxygen atoms in total. The number of Topliss-reactive ketones (excluding diaryl/α,β-unsaturated/α-hetero) is 1. The number of nitrogens with one attached hydrogen (secondary N) is 1. The number of carbonyl (C=O) groups excluding carboxylic acids is 1. The Hall–Kier alpha value is -2.30. The molecule has 0 atom stereocenters. The summed E-state index contributed by atoms with van der Waals surface area (Å²) < 4.78 is 5.00. The number of H-pyrrole nitrogens is 1. The van der Waals surface area contributed by atoms with Crippen LogP contribution in [0.15, 0.2) is 24.4 Å². The van der Waals surface area contributed by atoms with Crippen LogP contribution in [0.3, 0.4) is 0 Å². The quantitative estimate of drug-likeness (QED) is 0.604. The number of ketones is 1. The van der Waals surface area contributed by atoms with Crippen LogP contribution in [0.1, 0.15) is 10.4 Å². The number of carbonyl (C=O) groups is 2. The van der Waals surface area contributed by atoms with E-state index in [2.05, 4.69) is 4.98 Å². The molecular weight excluding hydrogens is 210 g/mol. The van der Waals surface area contributed by atoms with Gasteiger partial charge >= 0.3 is 5.97 Å². The number of fused-ring (bicyclic) bond motifs is 1. The molecule has 82 valence electrons. The number of carboxylic acids is 1. The molecule has 5 heteroatoms. The molecule has 0 bridgehead atoms. The number of ether oxygens (including phenoxy) is 1. The number of aliphatic carboxylic acids is 1. The average molecular weight is 219 g/mol. The first-order valence-electron chi connectivity index (χ1n) is 4.57. The van der Waals surface area contributed by atoms with Crippen molar-refractivity contribution < 1.29 is 19.4 Å². The Kier molecular flexibility index (Phi) is 2.36. The van der Waals surface area contributed by atoms with E-state index in [4.69, 9.17) is 9.84 Å². The molecule has 2 N–H and O–H groups in total. The van der Waals surface area contributed by atoms with Gasteiger partial charge in [0.05, 0.1) is 12.7 Å². The Morgan fingerprint density at radius 2 is 2.06 bits per heavy atom. The molecule has 0 saturated carbocycles. The number of hydrogen-bond donors (Lipinski definition) is 2. The summed E-state index contributed by atoms with van der Waals surface area (Å²) in [5.41, 5.74) is 0.777. The average Bonchev–Trinajstić information content (AvgIpc) is 2.74. The van der Waals surface area contributed by atoms with E-state index in [9.17, 15) is 9.59 Å². The lowest BCUT2D eigenvalue weighted by Gasteiger charge is -2.06. The van der Waals surface area contributed by atoms with Gasteiger partial charge in [0.25, 0.3) is 5.78 Å². The third kappa shape index (κ3) is 1.42. The summed E-state index contributed by atoms with van der Waals surface area (Å²) in [5.74, 6) is -2.20. The van der Waals surface area contributed by atoms with Gasteiger partial charge in [0.1, 0.15) is 5.75 Å². The predicted octanol–water partition coefficient (Wildman–Crippen LogP) is 1.44. The van der Waals surface area contributed by atoms with E-state index < -0.39 is 11.8 Å². The van der Waals surface area contributed by atoms with Crippen LogP contribution in [0.2, 0.25) is 0 Å². The van der Waals surface area contributed by atoms with Crippen molar-refractivity contribution in [2.75, 3.05) is 7.11 Å². The highest BCUT2D eigenvalue weighted by Gasteiger charge is 2.22. The molecule has 1 aromatic heterocycles. The van der Waals surface area contributed by atoms with Gasteiger partial charge in [-0.3, -0.25) is 4.79 Å². The molecule has 0 aliphatic carbocycles. The first-order chi connectivity index (χ1) is 7.65. The van der Waals surface area contributed by atoms with Gasteiger partial charge < -0.3 is 14.8 Å². The second-order valence-electron chi connectivity index (χ2n) is 3.22. The Bertz CT molecular complexity index is 570. The molecule has 0 unspecified atom stereocenters. The van der Waals surface area contributed by atoms with Crippen molar-refractivity contribution in [2.45, 2.75) is 0 Å². The second-order valence-corrected chi connectivity index (χ2v) is 3.22. The van der Waals surface area contributed by atoms with Crippen LogP contribution < -0.4 is 4.74 Å². The van der Waals surface area contributed by atoms with Crippen LogP contribution in [-0.4, -0.2) is 29.0 Å². The molecule has 16 heavy (non-hydrogen) atoms. The number of aromatic amines is 1. The van der Waals surface area contributed by atoms with Crippen molar-refractivity contribution in [3.63, 3.8) is 0 Å². The highest BCUT2D eigenvalue weighted by atomic mass is 16.5. The minimum absolute atomic E-state index is 0.0775. The van der Waals surface area contributed by atoms with Crippen LogP contribution in [0, 0.1) is 0 Å². The number of rotatable bonds is 3. The minimum atomic E-state index is -1.49. The van der Waals surface area contributed by atoms with E-state index in [1.54, 1.807) is 24.4 Å². The molecule has 0 radical (unpaired) electrons. The second kappa shape index (κ2) is 3.69. The van der Waals surface area contributed by atoms with Gasteiger partial charge in [0.15, 0.2) is 0 Å². The van der Waals surface area contributed by atoms with Crippen molar-refractivity contribution in [1.29, 1.82) is 0 Å². The smallest absolute Gasteiger partial charge is 0.377 e. The number of aromatic nitrogens is 1. The van der Waals surface area contributed by atoms with Gasteiger partial charge in [-0.2, -0.15) is 0 Å². The van der Waals surface area contributed by atoms with Crippen molar-refractivity contribution in [3.05, 3.63) is 30.0 Å². The van der Waals surface area contributed by atoms with E-state index in [0.717, 1.165) is 0 Å². The maximum absolute atomic E-state index is 11.5. The molecule has 1 aromatic carbocycles. The highest BCUT2D eigenvalue weighted by Crippen LogP contribution is 2.27. The number of methoxy groups -OCH3 is 1. The summed E-state index contributed by atoms with van der Waals surface area (Å²) in [7, 11) is 1.40. The topological polar surface area (TPSA) is 79.4 Å². The zero-order valence-electron chi connectivity index (χ0n) is 8.48. The van der Waals surface area contributed by atoms with Crippen molar-refractivity contribution in [3.8, 4) is 5.75 Å². The van der Waals surface area contributed by atoms with E-state index in [-0.39, 0.29) is 11.3 Å². The van der Waals surface area contributed by atoms with Crippen molar-refractivity contribution >= 4 is 22.7 Å². The maximum Gasteiger partial charge on any atom is 0.377 e. The Labute approximate surface area is 90.6 Å². The van der Waals surface area contributed by atoms with Crippen molar-refractivity contribution in [2.24, 2.45) is 0 Å². The van der Waals surface area contributed by atoms with Crippen LogP contribution in [0.5, 0.6) is 5.75 Å². The highest BCUT2D eigenvalue weighted by molar-refractivity contribution is 6.43. The van der Waals surface area contributed by atoms with Crippen molar-refractivity contribution in [1.82, 2.24) is 4.98 Å². The van der Waals surface area contributed by atoms with Gasteiger partial charge in [0, 0.05) is 17.1 Å². The third-order valence-corrected chi connectivity index (χ3v) is 2.34. The van der Waals surface area contributed by atoms with E-state index in [0.29, 0.717) is 10.9 Å². The summed E-state index contributed by atoms with van der Waals surface area (Å²) in [5, 5.41) is 9.28. The van der Waals surface area contributed by atoms with Gasteiger partial charge in [-0.15, -0.1) is 0 Å². The maximum atomic E-state index is 11.5. The molecule has 0 aliphatic heterocycles. The molecule has 2 aromatic rings. The zero-order chi connectivity index (χ0) is 11.7. The molecule has 0 fully saturated rings. The summed E-state index contributed by atoms with van der Waals surface area (Å²) in [6.07, 6.45) is 1.64. The SMILES string of the molecule is COc1ccc2[nH]ccc2c1C(=O)C(=O)O. The fraction of sp³-hybridized carbons (Fsp3) is 0.0909. The molecule has 0 spiro atoms. The molecular formula is C11H9NO4. The van der Waals surface area contributed by atoms with Crippen LogP contribution >= 0.6 is 0 Å². The third-order valence-electron chi connectivity index (χ3n) is 2.34. The zero-order valence-corrected chi connectivity index (χ0v) is 8.48. The van der Waals surface area contributed by atoms with Gasteiger partial charge in [-0.1, -0.05) is 0 Å². The molecule has 0 amide bonds. The standard InChI is InChI=1S/C11H9NO4/c1-16-8-3-2-7-6(4-5-12-7)9(8)10(13)11(14)15/h2-5,12H,1H3,(H,14,15). The first kappa shape index (κ1) is 10.2. The van der Waals surface area contributed by atoms with Crippen LogP contribution in [0.25, 0.3) is 10.9 Å². The largest absolute Gasteiger partial charge is 0.496 e. The number of hydrogen-bond acceptors (Lipinski definition) is 3. The predicted molar refractivity (Wildman–Crippen MR) is 56.8 cm³/mol. The van der Waals surface area contributed by atoms with Gasteiger partial charge in [0.2, 0.25) is 0 Å². The Morgan fingerprint density at radius 3 is 2.69 bits per heavy atom. The fourth-order valence-corrected chi connectivity index (χ4v) is 1.62. The number of benzene rings is 1. The lowest BCUT2D eigenvalue weighted by Crippen LogP contribution is -2.14. The number of carboxylic acid groups (broad SMARTS) is 1. The summed E-state index contributed by atoms with van der Waals surface area (Å²) in [6.45, 7) is 0. The summed E-state index contributed by atoms with van der Waals surface area (Å²) in [4.78, 5) is 25.2. The molecule has 2 rings (SSSR count). The molecule has 1 heterocycles. The Balaban J connectivity index is 2.76. The van der Waals surface area contributed by atoms with E-state index in [1.807, 2.05) is 0 Å². The molecule has 0 saturated heterocycles. The fourth-order valence-electron chi connectivity index (χ4n) is 1.62. The van der Waals surface area contributed by atoms with E-state index >= 15 is 0 Å². The normalized spacial score (nSPS) is 10.3. The van der Waals surface area contributed by atoms with Crippen LogP contribution in [-0.2, 0) is 4.79 Å². The van der Waals surface area contributed by atoms with Gasteiger partial charge in [-0.05, 0) is 18.2 Å². The van der Waals surface area contributed by atoms with Crippen LogP contribution in [0.4, 0.5) is 0 Å². The lowest BCUT2D eigenvalue weighted by molar-refractivity contribution is -0.131. The summed E-state index contributed by atoms with van der Waals surface area (Å²) in [6, 6.07) is 4.94. The Morgan fingerprint density at radius 1 is 1.31 bits per heavy atom. The molecule has 0 aliphatic rings. The summed E-state index contributed by atoms with van der Waals surface area (Å²) >= 11 is 0. The lowest BCUT2D eigenvalue weighted by atomic mass is 10.0. The van der Waals surface area contributed by atoms with E-state index in [1.165, 1.54) is 7.11 Å². The monoisotopic (exact) mass is 219 g/mol. The minimum Gasteiger partial charge on any atom is -0.496 e.